The minimum atomic E-state index is -4.36. The Labute approximate surface area is 134 Å². The number of aliphatic carboxylic acids is 2. The normalized spacial score (nSPS) is 13.0. The molecule has 0 saturated carbocycles. The molecular formula is C13H20F6O5. The van der Waals surface area contributed by atoms with Crippen LogP contribution in [0.4, 0.5) is 26.3 Å². The molecule has 144 valence electrons. The van der Waals surface area contributed by atoms with Gasteiger partial charge in [-0.05, 0) is 12.8 Å². The quantitative estimate of drug-likeness (QED) is 0.402. The first-order valence-electron chi connectivity index (χ1n) is 7.00. The first-order valence-corrected chi connectivity index (χ1v) is 7.00. The maximum atomic E-state index is 12.4. The van der Waals surface area contributed by atoms with Gasteiger partial charge in [0.25, 0.3) is 0 Å². The average Bonchev–Trinajstić information content (AvgIpc) is 2.38. The summed E-state index contributed by atoms with van der Waals surface area (Å²) in [6, 6.07) is 0. The lowest BCUT2D eigenvalue weighted by atomic mass is 10.1. The van der Waals surface area contributed by atoms with Gasteiger partial charge in [-0.25, -0.2) is 4.39 Å². The molecule has 0 aliphatic carbocycles. The summed E-state index contributed by atoms with van der Waals surface area (Å²) >= 11 is 0. The summed E-state index contributed by atoms with van der Waals surface area (Å²) in [7, 11) is 0. The molecule has 24 heavy (non-hydrogen) atoms. The second-order valence-corrected chi connectivity index (χ2v) is 4.91. The van der Waals surface area contributed by atoms with Crippen molar-refractivity contribution < 1.29 is 51.3 Å². The van der Waals surface area contributed by atoms with E-state index in [9.17, 15) is 35.9 Å². The summed E-state index contributed by atoms with van der Waals surface area (Å²) in [6.45, 7) is 0. The second kappa shape index (κ2) is 11.9. The molecule has 0 spiro atoms. The average molecular weight is 370 g/mol. The summed E-state index contributed by atoms with van der Waals surface area (Å²) in [5, 5.41) is 23.7. The van der Waals surface area contributed by atoms with Crippen LogP contribution in [-0.2, 0) is 9.59 Å². The highest BCUT2D eigenvalue weighted by Crippen LogP contribution is 2.25. The van der Waals surface area contributed by atoms with Crippen LogP contribution in [0.2, 0.25) is 0 Å². The molecule has 0 saturated heterocycles. The van der Waals surface area contributed by atoms with E-state index >= 15 is 0 Å². The lowest BCUT2D eigenvalue weighted by Crippen LogP contribution is -2.29. The van der Waals surface area contributed by atoms with E-state index in [1.54, 1.807) is 0 Å². The number of unbranched alkanes of at least 4 members (excludes halogenated alkanes) is 3. The lowest BCUT2D eigenvalue weighted by Gasteiger charge is -2.13. The number of rotatable bonds is 10. The summed E-state index contributed by atoms with van der Waals surface area (Å²) in [6.07, 6.45) is -12.9. The zero-order chi connectivity index (χ0) is 19.4. The van der Waals surface area contributed by atoms with Crippen LogP contribution in [0.3, 0.4) is 0 Å². The van der Waals surface area contributed by atoms with Gasteiger partial charge in [-0.15, -0.1) is 0 Å². The van der Waals surface area contributed by atoms with E-state index in [1.807, 2.05) is 0 Å². The standard InChI is InChI=1S/C9H14F6O.C4H6O4/c10-7(9(14,15)16)5-3-1-2-4-6-8(11,12)13;5-3(6)1-2-4(7)8/h7,16H,1-6H2;1-2H2,(H,5,6)(H,7,8). The number of carboxylic acid groups (broad SMARTS) is 2. The SMILES string of the molecule is O=C(O)CCC(=O)O.OC(F)(F)C(F)CCCCCCC(F)(F)F. The number of hydrogen-bond donors (Lipinski definition) is 3. The van der Waals surface area contributed by atoms with Crippen LogP contribution in [0.5, 0.6) is 0 Å². The van der Waals surface area contributed by atoms with Gasteiger partial charge in [0.1, 0.15) is 0 Å². The van der Waals surface area contributed by atoms with Gasteiger partial charge in [-0.3, -0.25) is 9.59 Å². The van der Waals surface area contributed by atoms with Crippen LogP contribution < -0.4 is 0 Å². The summed E-state index contributed by atoms with van der Waals surface area (Å²) in [5.41, 5.74) is 0. The molecule has 0 aromatic carbocycles. The van der Waals surface area contributed by atoms with Gasteiger partial charge in [-0.2, -0.15) is 22.0 Å². The second-order valence-electron chi connectivity index (χ2n) is 4.91. The van der Waals surface area contributed by atoms with Gasteiger partial charge in [0.05, 0.1) is 12.8 Å². The minimum Gasteiger partial charge on any atom is -0.481 e. The van der Waals surface area contributed by atoms with Crippen molar-refractivity contribution in [2.75, 3.05) is 0 Å². The number of carbonyl (C=O) groups is 2. The van der Waals surface area contributed by atoms with Gasteiger partial charge in [0.2, 0.25) is 0 Å². The molecule has 0 rings (SSSR count). The molecule has 5 nitrogen and oxygen atoms in total. The summed E-state index contributed by atoms with van der Waals surface area (Å²) < 4.78 is 71.2. The Morgan fingerprint density at radius 2 is 1.25 bits per heavy atom. The van der Waals surface area contributed by atoms with Crippen molar-refractivity contribution in [2.24, 2.45) is 0 Å². The Hall–Kier alpha value is -1.52. The van der Waals surface area contributed by atoms with E-state index in [2.05, 4.69) is 0 Å². The van der Waals surface area contributed by atoms with E-state index < -0.39 is 43.2 Å². The van der Waals surface area contributed by atoms with Gasteiger partial charge in [-0.1, -0.05) is 19.3 Å². The van der Waals surface area contributed by atoms with Gasteiger partial charge in [0.15, 0.2) is 6.17 Å². The van der Waals surface area contributed by atoms with E-state index in [1.165, 1.54) is 0 Å². The molecule has 0 radical (unpaired) electrons. The molecule has 0 aliphatic heterocycles. The summed E-state index contributed by atoms with van der Waals surface area (Å²) in [4.78, 5) is 19.3. The highest BCUT2D eigenvalue weighted by atomic mass is 19.4. The fourth-order valence-electron chi connectivity index (χ4n) is 1.39. The largest absolute Gasteiger partial charge is 0.481 e. The molecule has 0 aromatic rings. The van der Waals surface area contributed by atoms with Crippen molar-refractivity contribution in [3.8, 4) is 0 Å². The van der Waals surface area contributed by atoms with E-state index in [-0.39, 0.29) is 38.5 Å². The Balaban J connectivity index is 0. The molecule has 0 aromatic heterocycles. The molecule has 11 heteroatoms. The molecule has 0 fully saturated rings. The maximum Gasteiger partial charge on any atom is 0.389 e. The van der Waals surface area contributed by atoms with E-state index in [4.69, 9.17) is 15.3 Å². The Kier molecular flexibility index (Phi) is 12.3. The van der Waals surface area contributed by atoms with Crippen molar-refractivity contribution in [3.05, 3.63) is 0 Å². The van der Waals surface area contributed by atoms with Crippen LogP contribution in [0.25, 0.3) is 0 Å². The van der Waals surface area contributed by atoms with Crippen molar-refractivity contribution >= 4 is 11.9 Å². The number of aliphatic hydroxyl groups is 1. The Bertz CT molecular complexity index is 353. The van der Waals surface area contributed by atoms with Gasteiger partial charge >= 0.3 is 24.2 Å². The number of alkyl halides is 6. The molecule has 1 atom stereocenters. The third-order valence-corrected chi connectivity index (χ3v) is 2.60. The van der Waals surface area contributed by atoms with Crippen molar-refractivity contribution in [1.82, 2.24) is 0 Å². The third-order valence-electron chi connectivity index (χ3n) is 2.60. The zero-order valence-corrected chi connectivity index (χ0v) is 12.7. The molecule has 3 N–H and O–H groups in total. The first kappa shape index (κ1) is 24.7. The molecule has 0 heterocycles. The molecule has 0 bridgehead atoms. The van der Waals surface area contributed by atoms with Crippen molar-refractivity contribution in [2.45, 2.75) is 69.8 Å². The highest BCUT2D eigenvalue weighted by Gasteiger charge is 2.36. The van der Waals surface area contributed by atoms with Crippen LogP contribution in [0, 0.1) is 0 Å². The highest BCUT2D eigenvalue weighted by molar-refractivity contribution is 5.75. The number of halogens is 6. The predicted octanol–water partition coefficient (Wildman–Crippen LogP) is 3.75. The van der Waals surface area contributed by atoms with Crippen LogP contribution >= 0.6 is 0 Å². The Morgan fingerprint density at radius 1 is 0.833 bits per heavy atom. The monoisotopic (exact) mass is 370 g/mol. The molecule has 0 aliphatic rings. The fraction of sp³-hybridized carbons (Fsp3) is 0.846. The Morgan fingerprint density at radius 3 is 1.58 bits per heavy atom. The number of hydrogen-bond acceptors (Lipinski definition) is 3. The molecular weight excluding hydrogens is 350 g/mol. The van der Waals surface area contributed by atoms with Crippen LogP contribution in [0.1, 0.15) is 51.4 Å². The van der Waals surface area contributed by atoms with Crippen LogP contribution in [-0.4, -0.2) is 45.7 Å². The molecule has 1 unspecified atom stereocenters. The topological polar surface area (TPSA) is 94.8 Å². The zero-order valence-electron chi connectivity index (χ0n) is 12.7. The van der Waals surface area contributed by atoms with E-state index in [0.29, 0.717) is 0 Å². The van der Waals surface area contributed by atoms with Gasteiger partial charge < -0.3 is 15.3 Å². The lowest BCUT2D eigenvalue weighted by molar-refractivity contribution is -0.241. The van der Waals surface area contributed by atoms with Gasteiger partial charge in [0, 0.05) is 6.42 Å². The minimum absolute atomic E-state index is 0.0369. The number of carboxylic acids is 2. The maximum absolute atomic E-state index is 12.4. The third kappa shape index (κ3) is 20.5. The van der Waals surface area contributed by atoms with Crippen molar-refractivity contribution in [3.63, 3.8) is 0 Å². The van der Waals surface area contributed by atoms with Crippen molar-refractivity contribution in [1.29, 1.82) is 0 Å². The molecule has 0 amide bonds. The van der Waals surface area contributed by atoms with E-state index in [0.717, 1.165) is 0 Å². The smallest absolute Gasteiger partial charge is 0.389 e. The first-order chi connectivity index (χ1) is 10.8. The van der Waals surface area contributed by atoms with Crippen LogP contribution in [0.15, 0.2) is 0 Å². The summed E-state index contributed by atoms with van der Waals surface area (Å²) in [5.74, 6) is -2.15. The fourth-order valence-corrected chi connectivity index (χ4v) is 1.39. The predicted molar refractivity (Wildman–Crippen MR) is 70.3 cm³/mol.